The monoisotopic (exact) mass is 266 g/mol. The fourth-order valence-electron chi connectivity index (χ4n) is 2.05. The minimum atomic E-state index is -0.294. The summed E-state index contributed by atoms with van der Waals surface area (Å²) < 4.78 is 0. The van der Waals surface area contributed by atoms with Gasteiger partial charge in [0.2, 0.25) is 0 Å². The summed E-state index contributed by atoms with van der Waals surface area (Å²) >= 11 is 0. The van der Waals surface area contributed by atoms with Crippen LogP contribution in [-0.2, 0) is 0 Å². The van der Waals surface area contributed by atoms with E-state index in [1.54, 1.807) is 24.3 Å². The van der Waals surface area contributed by atoms with Gasteiger partial charge < -0.3 is 5.32 Å². The first-order valence-electron chi connectivity index (χ1n) is 6.14. The Morgan fingerprint density at radius 1 is 1.15 bits per heavy atom. The van der Waals surface area contributed by atoms with Crippen LogP contribution < -0.4 is 5.32 Å². The van der Waals surface area contributed by atoms with Crippen molar-refractivity contribution in [2.24, 2.45) is 5.11 Å². The molecule has 2 aromatic rings. The lowest BCUT2D eigenvalue weighted by atomic mass is 10.1. The van der Waals surface area contributed by atoms with Crippen molar-refractivity contribution in [3.8, 4) is 0 Å². The summed E-state index contributed by atoms with van der Waals surface area (Å²) in [6.07, 6.45) is 0. The maximum Gasteiger partial charge on any atom is 0.256 e. The number of amides is 1. The van der Waals surface area contributed by atoms with Gasteiger partial charge in [-0.3, -0.25) is 4.79 Å². The zero-order valence-corrected chi connectivity index (χ0v) is 11.3. The predicted molar refractivity (Wildman–Crippen MR) is 79.1 cm³/mol. The van der Waals surface area contributed by atoms with Gasteiger partial charge in [0.15, 0.2) is 0 Å². The highest BCUT2D eigenvalue weighted by atomic mass is 16.1. The van der Waals surface area contributed by atoms with Crippen LogP contribution in [0.4, 0.5) is 11.4 Å². The van der Waals surface area contributed by atoms with Gasteiger partial charge in [-0.25, -0.2) is 0 Å². The lowest BCUT2D eigenvalue weighted by Gasteiger charge is -2.09. The molecule has 1 N–H and O–H groups in total. The highest BCUT2D eigenvalue weighted by Gasteiger charge is 2.10. The standard InChI is InChI=1S/C15H14N4O/c1-10-7-11(2)9-12(8-10)17-15(20)13-5-3-4-6-14(13)18-19-16/h3-9H,1-2H3,(H,17,20). The second kappa shape index (κ2) is 5.91. The number of nitrogens with zero attached hydrogens (tertiary/aromatic N) is 3. The largest absolute Gasteiger partial charge is 0.322 e. The molecule has 0 bridgehead atoms. The summed E-state index contributed by atoms with van der Waals surface area (Å²) in [4.78, 5) is 15.0. The van der Waals surface area contributed by atoms with E-state index in [4.69, 9.17) is 5.53 Å². The topological polar surface area (TPSA) is 77.9 Å². The number of carbonyl (C=O) groups excluding carboxylic acids is 1. The lowest BCUT2D eigenvalue weighted by Crippen LogP contribution is -2.12. The molecular formula is C15H14N4O. The van der Waals surface area contributed by atoms with E-state index < -0.39 is 0 Å². The van der Waals surface area contributed by atoms with Crippen molar-refractivity contribution in [3.05, 3.63) is 69.6 Å². The summed E-state index contributed by atoms with van der Waals surface area (Å²) in [7, 11) is 0. The number of benzene rings is 2. The highest BCUT2D eigenvalue weighted by molar-refractivity contribution is 6.07. The molecule has 0 heterocycles. The highest BCUT2D eigenvalue weighted by Crippen LogP contribution is 2.21. The Labute approximate surface area is 116 Å². The molecule has 20 heavy (non-hydrogen) atoms. The van der Waals surface area contributed by atoms with Crippen molar-refractivity contribution >= 4 is 17.3 Å². The molecule has 0 fully saturated rings. The van der Waals surface area contributed by atoms with Crippen LogP contribution >= 0.6 is 0 Å². The van der Waals surface area contributed by atoms with Gasteiger partial charge in [-0.15, -0.1) is 0 Å². The molecule has 100 valence electrons. The third kappa shape index (κ3) is 3.16. The average molecular weight is 266 g/mol. The van der Waals surface area contributed by atoms with Gasteiger partial charge in [-0.05, 0) is 48.7 Å². The molecular weight excluding hydrogens is 252 g/mol. The molecule has 0 saturated heterocycles. The quantitative estimate of drug-likeness (QED) is 0.495. The van der Waals surface area contributed by atoms with Gasteiger partial charge in [-0.2, -0.15) is 0 Å². The number of rotatable bonds is 3. The van der Waals surface area contributed by atoms with Gasteiger partial charge in [-0.1, -0.05) is 29.4 Å². The van der Waals surface area contributed by atoms with E-state index in [1.807, 2.05) is 32.0 Å². The Morgan fingerprint density at radius 3 is 2.45 bits per heavy atom. The third-order valence-corrected chi connectivity index (χ3v) is 2.78. The van der Waals surface area contributed by atoms with Gasteiger partial charge in [0.05, 0.1) is 5.69 Å². The van der Waals surface area contributed by atoms with Crippen LogP contribution in [0, 0.1) is 13.8 Å². The first-order chi connectivity index (χ1) is 9.60. The SMILES string of the molecule is Cc1cc(C)cc(NC(=O)c2ccccc2N=[N+]=[N-])c1. The normalized spacial score (nSPS) is 9.70. The Kier molecular flexibility index (Phi) is 4.03. The van der Waals surface area contributed by atoms with Gasteiger partial charge in [0.1, 0.15) is 0 Å². The van der Waals surface area contributed by atoms with Crippen molar-refractivity contribution in [1.82, 2.24) is 0 Å². The summed E-state index contributed by atoms with van der Waals surface area (Å²) in [5.74, 6) is -0.294. The average Bonchev–Trinajstić information content (AvgIpc) is 2.38. The number of nitrogens with one attached hydrogen (secondary N) is 1. The number of hydrogen-bond donors (Lipinski definition) is 1. The summed E-state index contributed by atoms with van der Waals surface area (Å²) in [5.41, 5.74) is 12.1. The first kappa shape index (κ1) is 13.6. The van der Waals surface area contributed by atoms with Crippen molar-refractivity contribution in [3.63, 3.8) is 0 Å². The Morgan fingerprint density at radius 2 is 1.80 bits per heavy atom. The van der Waals surface area contributed by atoms with Crippen LogP contribution in [0.5, 0.6) is 0 Å². The fourth-order valence-corrected chi connectivity index (χ4v) is 2.05. The summed E-state index contributed by atoms with van der Waals surface area (Å²) in [5, 5.41) is 6.34. The van der Waals surface area contributed by atoms with Crippen molar-refractivity contribution < 1.29 is 4.79 Å². The molecule has 0 radical (unpaired) electrons. The first-order valence-corrected chi connectivity index (χ1v) is 6.14. The fraction of sp³-hybridized carbons (Fsp3) is 0.133. The van der Waals surface area contributed by atoms with Crippen LogP contribution in [0.1, 0.15) is 21.5 Å². The smallest absolute Gasteiger partial charge is 0.256 e. The van der Waals surface area contributed by atoms with Crippen molar-refractivity contribution in [1.29, 1.82) is 0 Å². The van der Waals surface area contributed by atoms with Crippen LogP contribution in [0.15, 0.2) is 47.6 Å². The van der Waals surface area contributed by atoms with Crippen molar-refractivity contribution in [2.75, 3.05) is 5.32 Å². The molecule has 0 spiro atoms. The van der Waals surface area contributed by atoms with Crippen LogP contribution in [0.3, 0.4) is 0 Å². The second-order valence-corrected chi connectivity index (χ2v) is 4.54. The molecule has 0 aliphatic carbocycles. The summed E-state index contributed by atoms with van der Waals surface area (Å²) in [6, 6.07) is 12.5. The van der Waals surface area contributed by atoms with Crippen LogP contribution in [0.25, 0.3) is 10.4 Å². The maximum atomic E-state index is 12.2. The minimum Gasteiger partial charge on any atom is -0.322 e. The Bertz CT molecular complexity index is 683. The molecule has 5 heteroatoms. The molecule has 0 aliphatic heterocycles. The third-order valence-electron chi connectivity index (χ3n) is 2.78. The number of carbonyl (C=O) groups is 1. The van der Waals surface area contributed by atoms with Gasteiger partial charge >= 0.3 is 0 Å². The van der Waals surface area contributed by atoms with E-state index in [2.05, 4.69) is 15.3 Å². The predicted octanol–water partition coefficient (Wildman–Crippen LogP) is 4.50. The van der Waals surface area contributed by atoms with E-state index in [0.717, 1.165) is 16.8 Å². The van der Waals surface area contributed by atoms with Gasteiger partial charge in [0.25, 0.3) is 5.91 Å². The molecule has 0 saturated carbocycles. The zero-order chi connectivity index (χ0) is 14.5. The van der Waals surface area contributed by atoms with E-state index in [-0.39, 0.29) is 5.91 Å². The van der Waals surface area contributed by atoms with Gasteiger partial charge in [0, 0.05) is 16.2 Å². The Hall–Kier alpha value is -2.78. The van der Waals surface area contributed by atoms with Crippen LogP contribution in [0.2, 0.25) is 0 Å². The lowest BCUT2D eigenvalue weighted by molar-refractivity contribution is 0.102. The van der Waals surface area contributed by atoms with E-state index in [9.17, 15) is 4.79 Å². The molecule has 0 aromatic heterocycles. The molecule has 0 atom stereocenters. The Balaban J connectivity index is 2.30. The van der Waals surface area contributed by atoms with Crippen LogP contribution in [-0.4, -0.2) is 5.91 Å². The van der Waals surface area contributed by atoms with Crippen molar-refractivity contribution in [2.45, 2.75) is 13.8 Å². The number of hydrogen-bond acceptors (Lipinski definition) is 2. The molecule has 0 unspecified atom stereocenters. The molecule has 5 nitrogen and oxygen atoms in total. The molecule has 2 rings (SSSR count). The maximum absolute atomic E-state index is 12.2. The zero-order valence-electron chi connectivity index (χ0n) is 11.3. The molecule has 0 aliphatic rings. The van der Waals surface area contributed by atoms with E-state index >= 15 is 0 Å². The number of anilines is 1. The second-order valence-electron chi connectivity index (χ2n) is 4.54. The molecule has 1 amide bonds. The number of azide groups is 1. The minimum absolute atomic E-state index is 0.294. The van der Waals surface area contributed by atoms with E-state index in [1.165, 1.54) is 0 Å². The summed E-state index contributed by atoms with van der Waals surface area (Å²) in [6.45, 7) is 3.94. The van der Waals surface area contributed by atoms with E-state index in [0.29, 0.717) is 11.3 Å². The molecule has 2 aromatic carbocycles. The number of aryl methyl sites for hydroxylation is 2.